The lowest BCUT2D eigenvalue weighted by Gasteiger charge is -2.14. The molecule has 0 N–H and O–H groups in total. The van der Waals surface area contributed by atoms with Crippen LogP contribution in [0.3, 0.4) is 0 Å². The molecule has 3 aromatic heterocycles. The number of nitrogens with zero attached hydrogens (tertiary/aromatic N) is 4. The molecule has 3 aromatic rings. The first kappa shape index (κ1) is 19.4. The molecule has 0 aliphatic heterocycles. The summed E-state index contributed by atoms with van der Waals surface area (Å²) in [6, 6.07) is 6.56. The van der Waals surface area contributed by atoms with E-state index in [1.165, 1.54) is 24.5 Å². The van der Waals surface area contributed by atoms with E-state index in [0.29, 0.717) is 11.3 Å². The van der Waals surface area contributed by atoms with Crippen molar-refractivity contribution in [1.82, 2.24) is 14.0 Å². The molecular weight excluding hydrogens is 364 g/mol. The number of hydrogen-bond donors (Lipinski definition) is 0. The van der Waals surface area contributed by atoms with E-state index in [1.54, 1.807) is 35.9 Å². The quantitative estimate of drug-likeness (QED) is 0.479. The molecule has 0 spiro atoms. The normalized spacial score (nSPS) is 11.9. The van der Waals surface area contributed by atoms with Crippen LogP contribution in [0.2, 0.25) is 0 Å². The average molecular weight is 384 g/mol. The molecule has 0 bridgehead atoms. The maximum atomic E-state index is 13.0. The largest absolute Gasteiger partial charge is 0.462 e. The van der Waals surface area contributed by atoms with Crippen molar-refractivity contribution in [2.75, 3.05) is 20.3 Å². The van der Waals surface area contributed by atoms with Crippen molar-refractivity contribution in [2.45, 2.75) is 20.4 Å². The van der Waals surface area contributed by atoms with E-state index in [4.69, 9.17) is 9.47 Å². The fourth-order valence-electron chi connectivity index (χ4n) is 2.90. The Hall–Kier alpha value is -3.33. The lowest BCUT2D eigenvalue weighted by Crippen LogP contribution is -2.33. The molecule has 0 radical (unpaired) electrons. The number of carbonyl (C=O) groups is 2. The second kappa shape index (κ2) is 8.13. The molecule has 0 aliphatic carbocycles. The number of methoxy groups -OCH3 is 1. The average Bonchev–Trinajstić information content (AvgIpc) is 2.67. The van der Waals surface area contributed by atoms with Gasteiger partial charge in [-0.3, -0.25) is 14.0 Å². The monoisotopic (exact) mass is 384 g/mol. The molecule has 3 rings (SSSR count). The Labute approximate surface area is 159 Å². The summed E-state index contributed by atoms with van der Waals surface area (Å²) in [5.74, 6) is -1.17. The van der Waals surface area contributed by atoms with Crippen LogP contribution in [0.4, 0.5) is 0 Å². The minimum absolute atomic E-state index is 0.0236. The van der Waals surface area contributed by atoms with Crippen LogP contribution in [0.5, 0.6) is 0 Å². The topological polar surface area (TPSA) is 104 Å². The Bertz CT molecular complexity index is 1190. The summed E-state index contributed by atoms with van der Waals surface area (Å²) >= 11 is 0. The molecular formula is C19H20N4O5. The highest BCUT2D eigenvalue weighted by atomic mass is 16.5. The number of ether oxygens (including phenoxy) is 2. The standard InChI is InChI=1S/C19H20N4O5/c1-4-28-19(26)14-11-13-16(21-15-7-5-6-8-22(15)18(13)25)23(9-10-27-3)17(14)20-12(2)24/h5-8,11H,4,9-10H2,1-3H3. The van der Waals surface area contributed by atoms with Crippen molar-refractivity contribution in [2.24, 2.45) is 4.99 Å². The fourth-order valence-corrected chi connectivity index (χ4v) is 2.90. The van der Waals surface area contributed by atoms with E-state index >= 15 is 0 Å². The first-order chi connectivity index (χ1) is 13.5. The lowest BCUT2D eigenvalue weighted by molar-refractivity contribution is -0.116. The molecule has 0 aliphatic rings. The van der Waals surface area contributed by atoms with Crippen LogP contribution in [0.15, 0.2) is 40.2 Å². The predicted molar refractivity (Wildman–Crippen MR) is 101 cm³/mol. The van der Waals surface area contributed by atoms with Gasteiger partial charge in [-0.15, -0.1) is 0 Å². The summed E-state index contributed by atoms with van der Waals surface area (Å²) in [6.45, 7) is 3.60. The van der Waals surface area contributed by atoms with E-state index in [2.05, 4.69) is 9.98 Å². The van der Waals surface area contributed by atoms with Crippen LogP contribution in [0.25, 0.3) is 16.7 Å². The molecule has 9 heteroatoms. The van der Waals surface area contributed by atoms with Gasteiger partial charge >= 0.3 is 5.97 Å². The first-order valence-electron chi connectivity index (χ1n) is 8.74. The van der Waals surface area contributed by atoms with Gasteiger partial charge in [-0.05, 0) is 25.1 Å². The summed E-state index contributed by atoms with van der Waals surface area (Å²) in [6.07, 6.45) is 1.60. The minimum atomic E-state index is -0.673. The number of hydrogen-bond acceptors (Lipinski definition) is 6. The molecule has 146 valence electrons. The zero-order valence-corrected chi connectivity index (χ0v) is 15.8. The molecule has 9 nitrogen and oxygen atoms in total. The van der Waals surface area contributed by atoms with Crippen LogP contribution < -0.4 is 11.0 Å². The summed E-state index contributed by atoms with van der Waals surface area (Å²) in [5.41, 5.74) is 0.509. The smallest absolute Gasteiger partial charge is 0.341 e. The van der Waals surface area contributed by atoms with Crippen molar-refractivity contribution in [3.8, 4) is 0 Å². The number of fused-ring (bicyclic) bond motifs is 2. The van der Waals surface area contributed by atoms with E-state index < -0.39 is 11.9 Å². The molecule has 0 saturated heterocycles. The highest BCUT2D eigenvalue weighted by Crippen LogP contribution is 2.11. The molecule has 0 atom stereocenters. The van der Waals surface area contributed by atoms with Gasteiger partial charge in [0.2, 0.25) is 5.91 Å². The van der Waals surface area contributed by atoms with Crippen molar-refractivity contribution in [3.63, 3.8) is 0 Å². The Kier molecular flexibility index (Phi) is 5.65. The number of carbonyl (C=O) groups excluding carboxylic acids is 2. The number of esters is 1. The Balaban J connectivity index is 2.52. The Morgan fingerprint density at radius 1 is 1.29 bits per heavy atom. The SMILES string of the molecule is CCOC(=O)c1cc2c(=O)n3ccccc3nc2n(CCOC)c1=NC(C)=O. The van der Waals surface area contributed by atoms with Crippen molar-refractivity contribution in [1.29, 1.82) is 0 Å². The summed E-state index contributed by atoms with van der Waals surface area (Å²) in [4.78, 5) is 45.8. The van der Waals surface area contributed by atoms with Gasteiger partial charge in [0.25, 0.3) is 5.56 Å². The number of pyridine rings is 2. The van der Waals surface area contributed by atoms with Crippen LogP contribution in [-0.2, 0) is 20.8 Å². The van der Waals surface area contributed by atoms with Gasteiger partial charge in [-0.2, -0.15) is 4.99 Å². The second-order valence-electron chi connectivity index (χ2n) is 5.96. The lowest BCUT2D eigenvalue weighted by atomic mass is 10.2. The van der Waals surface area contributed by atoms with Crippen LogP contribution in [0.1, 0.15) is 24.2 Å². The van der Waals surface area contributed by atoms with Crippen LogP contribution in [-0.4, -0.2) is 46.2 Å². The van der Waals surface area contributed by atoms with Crippen molar-refractivity contribution in [3.05, 3.63) is 51.9 Å². The molecule has 28 heavy (non-hydrogen) atoms. The highest BCUT2D eigenvalue weighted by molar-refractivity contribution is 5.93. The number of amides is 1. The van der Waals surface area contributed by atoms with Gasteiger partial charge in [0.05, 0.1) is 18.6 Å². The molecule has 0 aromatic carbocycles. The highest BCUT2D eigenvalue weighted by Gasteiger charge is 2.19. The molecule has 0 saturated carbocycles. The number of aromatic nitrogens is 3. The third-order valence-electron chi connectivity index (χ3n) is 4.07. The predicted octanol–water partition coefficient (Wildman–Crippen LogP) is 0.919. The van der Waals surface area contributed by atoms with Gasteiger partial charge in [-0.25, -0.2) is 9.78 Å². The zero-order valence-electron chi connectivity index (χ0n) is 15.8. The van der Waals surface area contributed by atoms with Crippen molar-refractivity contribution < 1.29 is 19.1 Å². The van der Waals surface area contributed by atoms with Crippen LogP contribution >= 0.6 is 0 Å². The van der Waals surface area contributed by atoms with Crippen molar-refractivity contribution >= 4 is 28.6 Å². The van der Waals surface area contributed by atoms with E-state index in [-0.39, 0.29) is 41.8 Å². The third kappa shape index (κ3) is 3.56. The molecule has 3 heterocycles. The van der Waals surface area contributed by atoms with Gasteiger partial charge in [0.15, 0.2) is 5.49 Å². The van der Waals surface area contributed by atoms with Gasteiger partial charge in [0, 0.05) is 26.8 Å². The Morgan fingerprint density at radius 3 is 2.75 bits per heavy atom. The first-order valence-corrected chi connectivity index (χ1v) is 8.74. The maximum Gasteiger partial charge on any atom is 0.341 e. The van der Waals surface area contributed by atoms with Crippen LogP contribution in [0, 0.1) is 0 Å². The third-order valence-corrected chi connectivity index (χ3v) is 4.07. The fraction of sp³-hybridized carbons (Fsp3) is 0.316. The molecule has 1 amide bonds. The molecule has 0 fully saturated rings. The van der Waals surface area contributed by atoms with Gasteiger partial charge in [-0.1, -0.05) is 6.07 Å². The summed E-state index contributed by atoms with van der Waals surface area (Å²) < 4.78 is 13.2. The molecule has 0 unspecified atom stereocenters. The Morgan fingerprint density at radius 2 is 2.07 bits per heavy atom. The van der Waals surface area contributed by atoms with E-state index in [1.807, 2.05) is 0 Å². The number of rotatable bonds is 5. The minimum Gasteiger partial charge on any atom is -0.462 e. The van der Waals surface area contributed by atoms with Gasteiger partial charge < -0.3 is 14.0 Å². The van der Waals surface area contributed by atoms with E-state index in [9.17, 15) is 14.4 Å². The zero-order chi connectivity index (χ0) is 20.3. The summed E-state index contributed by atoms with van der Waals surface area (Å²) in [5, 5.41) is 0.213. The van der Waals surface area contributed by atoms with Gasteiger partial charge in [0.1, 0.15) is 16.9 Å². The van der Waals surface area contributed by atoms with E-state index in [0.717, 1.165) is 0 Å². The maximum absolute atomic E-state index is 13.0. The summed E-state index contributed by atoms with van der Waals surface area (Å²) in [7, 11) is 1.53. The second-order valence-corrected chi connectivity index (χ2v) is 5.96.